The summed E-state index contributed by atoms with van der Waals surface area (Å²) in [5.41, 5.74) is -0.0408. The van der Waals surface area contributed by atoms with Gasteiger partial charge in [0.2, 0.25) is 20.0 Å². The molecule has 106 valence electrons. The molecule has 0 amide bonds. The molecular formula is C9H13N3O5S2. The largest absolute Gasteiger partial charge is 0.487 e. The summed E-state index contributed by atoms with van der Waals surface area (Å²) in [5.74, 6) is -0.106. The first-order valence-electron chi connectivity index (χ1n) is 5.32. The summed E-state index contributed by atoms with van der Waals surface area (Å²) in [5, 5.41) is 5.06. The number of primary sulfonamides is 1. The van der Waals surface area contributed by atoms with E-state index in [9.17, 15) is 16.8 Å². The molecule has 1 aromatic heterocycles. The molecule has 8 nitrogen and oxygen atoms in total. The number of nitrogens with zero attached hydrogens (tertiary/aromatic N) is 1. The zero-order valence-corrected chi connectivity index (χ0v) is 11.7. The topological polar surface area (TPSA) is 128 Å². The Morgan fingerprint density at radius 2 is 1.95 bits per heavy atom. The fraction of sp³-hybridized carbons (Fsp3) is 0.444. The summed E-state index contributed by atoms with van der Waals surface area (Å²) >= 11 is 0. The monoisotopic (exact) mass is 307 g/mol. The van der Waals surface area contributed by atoms with Gasteiger partial charge in [0.25, 0.3) is 0 Å². The molecule has 0 aromatic carbocycles. The van der Waals surface area contributed by atoms with Crippen molar-refractivity contribution in [3.05, 3.63) is 12.4 Å². The minimum Gasteiger partial charge on any atom is -0.487 e. The smallest absolute Gasteiger partial charge is 0.243 e. The van der Waals surface area contributed by atoms with Gasteiger partial charge in [-0.05, 0) is 12.8 Å². The average Bonchev–Trinajstić information content (AvgIpc) is 3.00. The summed E-state index contributed by atoms with van der Waals surface area (Å²) < 4.78 is 53.0. The van der Waals surface area contributed by atoms with E-state index in [0.29, 0.717) is 0 Å². The van der Waals surface area contributed by atoms with Crippen LogP contribution in [0, 0.1) is 0 Å². The van der Waals surface area contributed by atoms with E-state index >= 15 is 0 Å². The molecular weight excluding hydrogens is 294 g/mol. The molecule has 19 heavy (non-hydrogen) atoms. The van der Waals surface area contributed by atoms with Crippen LogP contribution in [0.4, 0.5) is 5.69 Å². The maximum absolute atomic E-state index is 11.5. The first kappa shape index (κ1) is 14.0. The van der Waals surface area contributed by atoms with Crippen LogP contribution in [0.2, 0.25) is 0 Å². The Hall–Kier alpha value is -1.39. The quantitative estimate of drug-likeness (QED) is 0.764. The van der Waals surface area contributed by atoms with Crippen molar-refractivity contribution < 1.29 is 21.6 Å². The second kappa shape index (κ2) is 4.62. The average molecular weight is 307 g/mol. The van der Waals surface area contributed by atoms with Gasteiger partial charge < -0.3 is 4.74 Å². The van der Waals surface area contributed by atoms with Crippen molar-refractivity contribution in [1.82, 2.24) is 4.98 Å². The highest BCUT2D eigenvalue weighted by Gasteiger charge is 2.29. The van der Waals surface area contributed by atoms with Gasteiger partial charge in [0.1, 0.15) is 10.6 Å². The maximum Gasteiger partial charge on any atom is 0.243 e. The van der Waals surface area contributed by atoms with Crippen LogP contribution in [0.25, 0.3) is 0 Å². The normalized spacial score (nSPS) is 16.1. The molecule has 2 rings (SSSR count). The van der Waals surface area contributed by atoms with Gasteiger partial charge in [0.15, 0.2) is 5.75 Å². The number of nitrogens with one attached hydrogen (secondary N) is 1. The predicted octanol–water partition coefficient (Wildman–Crippen LogP) is -0.358. The number of aromatic nitrogens is 1. The van der Waals surface area contributed by atoms with Crippen molar-refractivity contribution in [1.29, 1.82) is 0 Å². The van der Waals surface area contributed by atoms with E-state index < -0.39 is 20.0 Å². The number of sulfonamides is 2. The van der Waals surface area contributed by atoms with Gasteiger partial charge in [-0.15, -0.1) is 0 Å². The number of nitrogens with two attached hydrogens (primary N) is 1. The highest BCUT2D eigenvalue weighted by Crippen LogP contribution is 2.36. The van der Waals surface area contributed by atoms with Gasteiger partial charge in [-0.3, -0.25) is 9.71 Å². The summed E-state index contributed by atoms with van der Waals surface area (Å²) in [7, 11) is -7.63. The third-order valence-electron chi connectivity index (χ3n) is 2.27. The first-order valence-corrected chi connectivity index (χ1v) is 8.76. The van der Waals surface area contributed by atoms with Crippen molar-refractivity contribution in [2.45, 2.75) is 23.8 Å². The molecule has 0 saturated heterocycles. The molecule has 1 fully saturated rings. The Kier molecular flexibility index (Phi) is 3.41. The lowest BCUT2D eigenvalue weighted by atomic mass is 10.4. The van der Waals surface area contributed by atoms with Crippen molar-refractivity contribution in [2.75, 3.05) is 11.0 Å². The molecule has 1 aromatic rings. The lowest BCUT2D eigenvalue weighted by Crippen LogP contribution is -2.17. The third kappa shape index (κ3) is 3.78. The number of ether oxygens (including phenoxy) is 1. The van der Waals surface area contributed by atoms with Gasteiger partial charge in [-0.1, -0.05) is 0 Å². The lowest BCUT2D eigenvalue weighted by Gasteiger charge is -2.14. The Balaban J connectivity index is 2.52. The van der Waals surface area contributed by atoms with Crippen LogP contribution in [0.3, 0.4) is 0 Å². The van der Waals surface area contributed by atoms with E-state index in [1.165, 1.54) is 6.20 Å². The van der Waals surface area contributed by atoms with E-state index in [2.05, 4.69) is 9.71 Å². The molecule has 1 heterocycles. The van der Waals surface area contributed by atoms with Crippen LogP contribution in [0.5, 0.6) is 5.75 Å². The third-order valence-corrected chi connectivity index (χ3v) is 3.77. The minimum absolute atomic E-state index is 0.0408. The van der Waals surface area contributed by atoms with Crippen molar-refractivity contribution in [2.24, 2.45) is 5.14 Å². The molecule has 0 spiro atoms. The fourth-order valence-corrected chi connectivity index (χ4v) is 2.55. The SMILES string of the molecule is CS(=O)(=O)Nc1cncc(S(N)(=O)=O)c1OC1CC1. The van der Waals surface area contributed by atoms with Crippen LogP contribution in [0.15, 0.2) is 17.3 Å². The molecule has 3 N–H and O–H groups in total. The van der Waals surface area contributed by atoms with Gasteiger partial charge in [0, 0.05) is 0 Å². The van der Waals surface area contributed by atoms with Crippen molar-refractivity contribution >= 4 is 25.7 Å². The summed E-state index contributed by atoms with van der Waals surface area (Å²) in [4.78, 5) is 3.32. The summed E-state index contributed by atoms with van der Waals surface area (Å²) in [6.45, 7) is 0. The van der Waals surface area contributed by atoms with E-state index in [1.807, 2.05) is 0 Å². The van der Waals surface area contributed by atoms with Crippen molar-refractivity contribution in [3.8, 4) is 5.75 Å². The van der Waals surface area contributed by atoms with Gasteiger partial charge in [0.05, 0.1) is 24.8 Å². The molecule has 0 radical (unpaired) electrons. The molecule has 1 aliphatic rings. The Morgan fingerprint density at radius 1 is 1.32 bits per heavy atom. The summed E-state index contributed by atoms with van der Waals surface area (Å²) in [6, 6.07) is 0. The molecule has 0 bridgehead atoms. The van der Waals surface area contributed by atoms with Gasteiger partial charge >= 0.3 is 0 Å². The Morgan fingerprint density at radius 3 is 2.42 bits per heavy atom. The maximum atomic E-state index is 11.5. The Bertz CT molecular complexity index is 695. The van der Waals surface area contributed by atoms with Crippen LogP contribution < -0.4 is 14.6 Å². The van der Waals surface area contributed by atoms with Crippen LogP contribution in [0.1, 0.15) is 12.8 Å². The van der Waals surface area contributed by atoms with Crippen LogP contribution in [-0.4, -0.2) is 34.2 Å². The fourth-order valence-electron chi connectivity index (χ4n) is 1.38. The van der Waals surface area contributed by atoms with Crippen LogP contribution >= 0.6 is 0 Å². The highest BCUT2D eigenvalue weighted by atomic mass is 32.2. The number of hydrogen-bond donors (Lipinski definition) is 2. The second-order valence-corrected chi connectivity index (χ2v) is 7.53. The molecule has 0 atom stereocenters. The van der Waals surface area contributed by atoms with Gasteiger partial charge in [-0.25, -0.2) is 22.0 Å². The Labute approximate surface area is 111 Å². The van der Waals surface area contributed by atoms with Crippen LogP contribution in [-0.2, 0) is 20.0 Å². The second-order valence-electron chi connectivity index (χ2n) is 4.25. The number of pyridine rings is 1. The minimum atomic E-state index is -4.05. The number of rotatable bonds is 5. The number of hydrogen-bond acceptors (Lipinski definition) is 6. The molecule has 0 unspecified atom stereocenters. The molecule has 1 saturated carbocycles. The molecule has 1 aliphatic carbocycles. The standard InChI is InChI=1S/C9H13N3O5S2/c1-18(13,14)12-7-4-11-5-8(19(10,15)16)9(7)17-6-2-3-6/h4-6,12H,2-3H2,1H3,(H2,10,15,16). The lowest BCUT2D eigenvalue weighted by molar-refractivity contribution is 0.296. The molecule has 10 heteroatoms. The summed E-state index contributed by atoms with van der Waals surface area (Å²) in [6.07, 6.45) is 4.59. The van der Waals surface area contributed by atoms with E-state index in [1.54, 1.807) is 0 Å². The van der Waals surface area contributed by atoms with Crippen molar-refractivity contribution in [3.63, 3.8) is 0 Å². The van der Waals surface area contributed by atoms with E-state index in [4.69, 9.17) is 9.88 Å². The van der Waals surface area contributed by atoms with E-state index in [-0.39, 0.29) is 22.4 Å². The zero-order chi connectivity index (χ0) is 14.3. The van der Waals surface area contributed by atoms with Gasteiger partial charge in [-0.2, -0.15) is 0 Å². The highest BCUT2D eigenvalue weighted by molar-refractivity contribution is 7.92. The first-order chi connectivity index (χ1) is 8.67. The zero-order valence-electron chi connectivity index (χ0n) is 10.0. The number of anilines is 1. The predicted molar refractivity (Wildman–Crippen MR) is 67.7 cm³/mol. The van der Waals surface area contributed by atoms with E-state index in [0.717, 1.165) is 25.3 Å². The molecule has 0 aliphatic heterocycles.